The molecule has 29 heavy (non-hydrogen) atoms. The van der Waals surface area contributed by atoms with Gasteiger partial charge < -0.3 is 15.4 Å². The summed E-state index contributed by atoms with van der Waals surface area (Å²) >= 11 is 0. The summed E-state index contributed by atoms with van der Waals surface area (Å²) in [5, 5.41) is 5.96. The van der Waals surface area contributed by atoms with Crippen LogP contribution in [0, 0.1) is 0 Å². The molecule has 0 aromatic heterocycles. The number of sulfonamides is 1. The number of guanidine groups is 1. The molecule has 0 aliphatic rings. The van der Waals surface area contributed by atoms with Crippen LogP contribution in [0.2, 0.25) is 0 Å². The van der Waals surface area contributed by atoms with Crippen LogP contribution < -0.4 is 20.1 Å². The van der Waals surface area contributed by atoms with Crippen LogP contribution in [0.3, 0.4) is 0 Å². The van der Waals surface area contributed by atoms with Crippen LogP contribution in [0.5, 0.6) is 5.75 Å². The number of aliphatic imine (C=N–C) groups is 1. The third-order valence-electron chi connectivity index (χ3n) is 3.76. The van der Waals surface area contributed by atoms with Crippen molar-refractivity contribution in [1.82, 2.24) is 15.4 Å². The van der Waals surface area contributed by atoms with Crippen molar-refractivity contribution < 1.29 is 26.3 Å². The second-order valence-electron chi connectivity index (χ2n) is 5.85. The van der Waals surface area contributed by atoms with Gasteiger partial charge in [-0.25, -0.2) is 13.1 Å². The van der Waals surface area contributed by atoms with Crippen molar-refractivity contribution in [3.05, 3.63) is 29.8 Å². The topological polar surface area (TPSA) is 91.8 Å². The van der Waals surface area contributed by atoms with Gasteiger partial charge in [0.25, 0.3) is 0 Å². The predicted octanol–water partition coefficient (Wildman–Crippen LogP) is 2.59. The highest BCUT2D eigenvalue weighted by Crippen LogP contribution is 2.31. The van der Waals surface area contributed by atoms with Gasteiger partial charge in [-0.2, -0.15) is 13.2 Å². The van der Waals surface area contributed by atoms with E-state index in [9.17, 15) is 21.6 Å². The highest BCUT2D eigenvalue weighted by Gasteiger charge is 2.30. The molecular weight excluding hydrogens is 524 g/mol. The molecule has 168 valence electrons. The Balaban J connectivity index is 0.00000784. The highest BCUT2D eigenvalue weighted by atomic mass is 127. The Morgan fingerprint density at radius 2 is 1.90 bits per heavy atom. The zero-order valence-corrected chi connectivity index (χ0v) is 19.7. The minimum absolute atomic E-state index is 0. The van der Waals surface area contributed by atoms with Gasteiger partial charge in [0.15, 0.2) is 5.96 Å². The minimum atomic E-state index is -4.43. The van der Waals surface area contributed by atoms with Crippen molar-refractivity contribution in [3.63, 3.8) is 0 Å². The Hall–Kier alpha value is -1.28. The van der Waals surface area contributed by atoms with Gasteiger partial charge in [-0.3, -0.25) is 4.99 Å². The van der Waals surface area contributed by atoms with E-state index in [0.717, 1.165) is 12.1 Å². The van der Waals surface area contributed by atoms with Crippen molar-refractivity contribution in [2.24, 2.45) is 4.99 Å². The Labute approximate surface area is 187 Å². The van der Waals surface area contributed by atoms with Crippen LogP contribution in [0.4, 0.5) is 13.2 Å². The van der Waals surface area contributed by atoms with Gasteiger partial charge in [0, 0.05) is 20.1 Å². The molecule has 0 radical (unpaired) electrons. The second-order valence-corrected chi connectivity index (χ2v) is 7.95. The van der Waals surface area contributed by atoms with E-state index in [1.54, 1.807) is 14.0 Å². The summed E-state index contributed by atoms with van der Waals surface area (Å²) < 4.78 is 69.2. The standard InChI is InChI=1S/C17H27F3N4O3S.HI/c1-4-14(27-15-8-6-7-13(11-15)17(18,19)20)12-23-16(21-3)22-9-10-24-28(25,26)5-2;/h6-8,11,14,24H,4-5,9-10,12H2,1-3H3,(H2,21,22,23);1H. The van der Waals surface area contributed by atoms with Crippen LogP contribution in [0.15, 0.2) is 29.3 Å². The molecule has 0 saturated heterocycles. The van der Waals surface area contributed by atoms with Crippen molar-refractivity contribution in [1.29, 1.82) is 0 Å². The molecule has 0 heterocycles. The molecule has 0 saturated carbocycles. The Bertz CT molecular complexity index is 746. The van der Waals surface area contributed by atoms with Gasteiger partial charge >= 0.3 is 6.18 Å². The largest absolute Gasteiger partial charge is 0.489 e. The summed E-state index contributed by atoms with van der Waals surface area (Å²) in [7, 11) is -1.70. The first-order chi connectivity index (χ1) is 13.1. The molecular formula is C17H28F3IN4O3S. The van der Waals surface area contributed by atoms with Crippen molar-refractivity contribution in [2.45, 2.75) is 32.5 Å². The lowest BCUT2D eigenvalue weighted by Crippen LogP contribution is -2.44. The SMILES string of the molecule is CCC(CNC(=NC)NCCNS(=O)(=O)CC)Oc1cccc(C(F)(F)F)c1.I. The highest BCUT2D eigenvalue weighted by molar-refractivity contribution is 14.0. The fourth-order valence-electron chi connectivity index (χ4n) is 2.13. The van der Waals surface area contributed by atoms with Gasteiger partial charge in [-0.1, -0.05) is 13.0 Å². The van der Waals surface area contributed by atoms with Crippen LogP contribution in [-0.4, -0.2) is 52.9 Å². The van der Waals surface area contributed by atoms with Gasteiger partial charge in [0.05, 0.1) is 17.9 Å². The monoisotopic (exact) mass is 552 g/mol. The van der Waals surface area contributed by atoms with Crippen molar-refractivity contribution in [3.8, 4) is 5.75 Å². The molecule has 12 heteroatoms. The number of ether oxygens (including phenoxy) is 1. The molecule has 1 atom stereocenters. The zero-order chi connectivity index (χ0) is 21.2. The molecule has 0 aliphatic carbocycles. The van der Waals surface area contributed by atoms with Crippen molar-refractivity contribution in [2.75, 3.05) is 32.4 Å². The molecule has 1 aromatic carbocycles. The lowest BCUT2D eigenvalue weighted by Gasteiger charge is -2.20. The number of hydrogen-bond acceptors (Lipinski definition) is 4. The normalized spacial score (nSPS) is 13.4. The van der Waals surface area contributed by atoms with Gasteiger partial charge in [-0.05, 0) is 31.5 Å². The van der Waals surface area contributed by atoms with Crippen LogP contribution >= 0.6 is 24.0 Å². The number of rotatable bonds is 10. The first kappa shape index (κ1) is 27.7. The zero-order valence-electron chi connectivity index (χ0n) is 16.5. The van der Waals surface area contributed by atoms with Crippen LogP contribution in [-0.2, 0) is 16.2 Å². The summed E-state index contributed by atoms with van der Waals surface area (Å²) in [4.78, 5) is 4.01. The Kier molecular flexibility index (Phi) is 12.5. The number of hydrogen-bond donors (Lipinski definition) is 3. The first-order valence-electron chi connectivity index (χ1n) is 8.87. The lowest BCUT2D eigenvalue weighted by molar-refractivity contribution is -0.137. The molecule has 1 rings (SSSR count). The maximum atomic E-state index is 12.8. The van der Waals surface area contributed by atoms with E-state index in [4.69, 9.17) is 4.74 Å². The fraction of sp³-hybridized carbons (Fsp3) is 0.588. The van der Waals surface area contributed by atoms with E-state index in [1.807, 2.05) is 6.92 Å². The summed E-state index contributed by atoms with van der Waals surface area (Å²) in [6.07, 6.45) is -4.23. The molecule has 0 aliphatic heterocycles. The molecule has 0 amide bonds. The van der Waals surface area contributed by atoms with E-state index in [-0.39, 0.29) is 48.1 Å². The summed E-state index contributed by atoms with van der Waals surface area (Å²) in [6.45, 7) is 4.24. The minimum Gasteiger partial charge on any atom is -0.489 e. The Morgan fingerprint density at radius 3 is 2.45 bits per heavy atom. The average Bonchev–Trinajstić information content (AvgIpc) is 2.65. The molecule has 1 unspecified atom stereocenters. The smallest absolute Gasteiger partial charge is 0.416 e. The third kappa shape index (κ3) is 10.9. The van der Waals surface area contributed by atoms with Crippen LogP contribution in [0.25, 0.3) is 0 Å². The summed E-state index contributed by atoms with van der Waals surface area (Å²) in [5.41, 5.74) is -0.764. The molecule has 1 aromatic rings. The molecule has 7 nitrogen and oxygen atoms in total. The average molecular weight is 552 g/mol. The number of halogens is 4. The van der Waals surface area contributed by atoms with Crippen molar-refractivity contribution >= 4 is 40.0 Å². The Morgan fingerprint density at radius 1 is 1.21 bits per heavy atom. The van der Waals surface area contributed by atoms with Crippen LogP contribution in [0.1, 0.15) is 25.8 Å². The van der Waals surface area contributed by atoms with E-state index in [0.29, 0.717) is 25.5 Å². The van der Waals surface area contributed by atoms with E-state index in [2.05, 4.69) is 20.3 Å². The summed E-state index contributed by atoms with van der Waals surface area (Å²) in [5.74, 6) is 0.576. The van der Waals surface area contributed by atoms with E-state index in [1.165, 1.54) is 12.1 Å². The van der Waals surface area contributed by atoms with Gasteiger partial charge in [-0.15, -0.1) is 24.0 Å². The number of nitrogens with zero attached hydrogens (tertiary/aromatic N) is 1. The van der Waals surface area contributed by atoms with Gasteiger partial charge in [0.2, 0.25) is 10.0 Å². The maximum absolute atomic E-state index is 12.8. The predicted molar refractivity (Wildman–Crippen MR) is 118 cm³/mol. The number of benzene rings is 1. The lowest BCUT2D eigenvalue weighted by atomic mass is 10.2. The number of nitrogens with one attached hydrogen (secondary N) is 3. The second kappa shape index (κ2) is 13.1. The summed E-state index contributed by atoms with van der Waals surface area (Å²) in [6, 6.07) is 4.74. The molecule has 0 bridgehead atoms. The fourth-order valence-corrected chi connectivity index (χ4v) is 2.75. The molecule has 3 N–H and O–H groups in total. The quantitative estimate of drug-likeness (QED) is 0.180. The third-order valence-corrected chi connectivity index (χ3v) is 5.16. The van der Waals surface area contributed by atoms with Gasteiger partial charge in [0.1, 0.15) is 11.9 Å². The molecule has 0 fully saturated rings. The molecule has 0 spiro atoms. The van der Waals surface area contributed by atoms with E-state index >= 15 is 0 Å². The van der Waals surface area contributed by atoms with E-state index < -0.39 is 21.8 Å². The number of alkyl halides is 3. The maximum Gasteiger partial charge on any atom is 0.416 e. The first-order valence-corrected chi connectivity index (χ1v) is 10.5.